The molecule has 3 heterocycles. The Morgan fingerprint density at radius 2 is 1.72 bits per heavy atom. The summed E-state index contributed by atoms with van der Waals surface area (Å²) in [5.41, 5.74) is 0. The largest absolute Gasteiger partial charge is 0.347 e. The summed E-state index contributed by atoms with van der Waals surface area (Å²) in [7, 11) is 0. The van der Waals surface area contributed by atoms with Crippen molar-refractivity contribution in [2.45, 2.75) is 30.0 Å². The van der Waals surface area contributed by atoms with Crippen molar-refractivity contribution in [3.63, 3.8) is 0 Å². The van der Waals surface area contributed by atoms with Crippen molar-refractivity contribution in [3.8, 4) is 0 Å². The van der Waals surface area contributed by atoms with E-state index in [-0.39, 0.29) is 0 Å². The Bertz CT molecular complexity index is 370. The van der Waals surface area contributed by atoms with Gasteiger partial charge in [-0.2, -0.15) is 0 Å². The van der Waals surface area contributed by atoms with Crippen LogP contribution in [-0.4, -0.2) is 53.6 Å². The lowest BCUT2D eigenvalue weighted by atomic mass is 10.4. The molecule has 4 nitrogen and oxygen atoms in total. The molecular formula is C12H20N4S2. The maximum absolute atomic E-state index is 4.31. The van der Waals surface area contributed by atoms with Gasteiger partial charge in [-0.1, -0.05) is 23.1 Å². The number of rotatable bonds is 5. The van der Waals surface area contributed by atoms with E-state index in [1.165, 1.54) is 45.3 Å². The predicted octanol–water partition coefficient (Wildman–Crippen LogP) is 2.33. The molecule has 0 saturated carbocycles. The highest BCUT2D eigenvalue weighted by atomic mass is 32.2. The topological polar surface area (TPSA) is 32.3 Å². The third-order valence-electron chi connectivity index (χ3n) is 3.60. The summed E-state index contributed by atoms with van der Waals surface area (Å²) < 4.78 is 1.14. The number of thioether (sulfide) groups is 1. The number of nitrogens with zero attached hydrogens (tertiary/aromatic N) is 4. The van der Waals surface area contributed by atoms with Crippen LogP contribution in [0.2, 0.25) is 0 Å². The molecule has 2 fully saturated rings. The van der Waals surface area contributed by atoms with Gasteiger partial charge in [0.15, 0.2) is 4.34 Å². The van der Waals surface area contributed by atoms with E-state index in [0.717, 1.165) is 28.3 Å². The van der Waals surface area contributed by atoms with E-state index in [1.807, 2.05) is 11.8 Å². The van der Waals surface area contributed by atoms with E-state index >= 15 is 0 Å². The molecule has 0 unspecified atom stereocenters. The molecule has 0 aromatic carbocycles. The van der Waals surface area contributed by atoms with Crippen molar-refractivity contribution in [3.05, 3.63) is 0 Å². The summed E-state index contributed by atoms with van der Waals surface area (Å²) in [6.07, 6.45) is 5.36. The highest BCUT2D eigenvalue weighted by Gasteiger charge is 2.17. The van der Waals surface area contributed by atoms with Crippen molar-refractivity contribution in [2.75, 3.05) is 43.4 Å². The lowest BCUT2D eigenvalue weighted by molar-refractivity contribution is 0.362. The molecule has 0 N–H and O–H groups in total. The molecular weight excluding hydrogens is 264 g/mol. The first-order valence-electron chi connectivity index (χ1n) is 6.85. The van der Waals surface area contributed by atoms with Gasteiger partial charge in [-0.3, -0.25) is 0 Å². The van der Waals surface area contributed by atoms with Crippen molar-refractivity contribution in [2.24, 2.45) is 0 Å². The van der Waals surface area contributed by atoms with Crippen LogP contribution in [0.3, 0.4) is 0 Å². The third-order valence-corrected chi connectivity index (χ3v) is 5.70. The summed E-state index contributed by atoms with van der Waals surface area (Å²) in [6.45, 7) is 6.09. The number of likely N-dealkylation sites (tertiary alicyclic amines) is 1. The van der Waals surface area contributed by atoms with Gasteiger partial charge in [0, 0.05) is 25.4 Å². The van der Waals surface area contributed by atoms with Gasteiger partial charge in [0.2, 0.25) is 5.13 Å². The van der Waals surface area contributed by atoms with Crippen LogP contribution in [0.15, 0.2) is 4.34 Å². The molecule has 2 aliphatic heterocycles. The molecule has 0 aliphatic carbocycles. The normalized spacial score (nSPS) is 21.0. The van der Waals surface area contributed by atoms with Crippen LogP contribution in [0.4, 0.5) is 5.13 Å². The molecule has 2 saturated heterocycles. The molecule has 0 spiro atoms. The second kappa shape index (κ2) is 6.21. The van der Waals surface area contributed by atoms with E-state index in [2.05, 4.69) is 20.0 Å². The van der Waals surface area contributed by atoms with Gasteiger partial charge >= 0.3 is 0 Å². The highest BCUT2D eigenvalue weighted by Crippen LogP contribution is 2.29. The molecule has 18 heavy (non-hydrogen) atoms. The summed E-state index contributed by atoms with van der Waals surface area (Å²) in [5, 5.41) is 9.73. The second-order valence-electron chi connectivity index (χ2n) is 4.94. The van der Waals surface area contributed by atoms with Gasteiger partial charge in [-0.05, 0) is 38.8 Å². The first kappa shape index (κ1) is 12.7. The van der Waals surface area contributed by atoms with E-state index in [9.17, 15) is 0 Å². The Balaban J connectivity index is 1.44. The lowest BCUT2D eigenvalue weighted by Gasteiger charge is -2.12. The zero-order valence-corrected chi connectivity index (χ0v) is 12.3. The van der Waals surface area contributed by atoms with Gasteiger partial charge in [-0.25, -0.2) is 0 Å². The minimum absolute atomic E-state index is 1.12. The predicted molar refractivity (Wildman–Crippen MR) is 77.8 cm³/mol. The van der Waals surface area contributed by atoms with Crippen LogP contribution in [0.1, 0.15) is 25.7 Å². The Morgan fingerprint density at radius 3 is 2.50 bits per heavy atom. The second-order valence-corrected chi connectivity index (χ2v) is 7.24. The van der Waals surface area contributed by atoms with Gasteiger partial charge in [0.25, 0.3) is 0 Å². The van der Waals surface area contributed by atoms with Crippen molar-refractivity contribution >= 4 is 28.2 Å². The Hall–Kier alpha value is -0.330. The molecule has 0 bridgehead atoms. The van der Waals surface area contributed by atoms with Gasteiger partial charge in [0.1, 0.15) is 0 Å². The van der Waals surface area contributed by atoms with Crippen molar-refractivity contribution in [1.29, 1.82) is 0 Å². The summed E-state index contributed by atoms with van der Waals surface area (Å²) >= 11 is 3.62. The zero-order chi connectivity index (χ0) is 12.2. The number of hydrogen-bond acceptors (Lipinski definition) is 6. The molecule has 1 aromatic heterocycles. The molecule has 100 valence electrons. The van der Waals surface area contributed by atoms with Crippen LogP contribution < -0.4 is 4.90 Å². The van der Waals surface area contributed by atoms with Crippen LogP contribution in [0, 0.1) is 0 Å². The highest BCUT2D eigenvalue weighted by molar-refractivity contribution is 8.01. The molecule has 0 amide bonds. The molecule has 2 aliphatic rings. The Labute approximate surface area is 117 Å². The standard InChI is InChI=1S/C12H20N4S2/c1-2-6-15(5-1)9-10-17-12-14-13-11(18-12)16-7-3-4-8-16/h1-10H2. The fraction of sp³-hybridized carbons (Fsp3) is 0.833. The Kier molecular flexibility index (Phi) is 4.38. The van der Waals surface area contributed by atoms with Gasteiger partial charge in [-0.15, -0.1) is 10.2 Å². The SMILES string of the molecule is C1CCN(CCSc2nnc(N3CCCC3)s2)C1. The monoisotopic (exact) mass is 284 g/mol. The van der Waals surface area contributed by atoms with E-state index in [4.69, 9.17) is 0 Å². The van der Waals surface area contributed by atoms with E-state index in [1.54, 1.807) is 11.3 Å². The van der Waals surface area contributed by atoms with E-state index in [0.29, 0.717) is 0 Å². The van der Waals surface area contributed by atoms with Crippen molar-refractivity contribution in [1.82, 2.24) is 15.1 Å². The van der Waals surface area contributed by atoms with Crippen LogP contribution in [-0.2, 0) is 0 Å². The average molecular weight is 284 g/mol. The van der Waals surface area contributed by atoms with E-state index < -0.39 is 0 Å². The molecule has 3 rings (SSSR count). The molecule has 0 radical (unpaired) electrons. The average Bonchev–Trinajstić information content (AvgIpc) is 3.12. The zero-order valence-electron chi connectivity index (χ0n) is 10.7. The minimum atomic E-state index is 1.12. The van der Waals surface area contributed by atoms with Crippen molar-refractivity contribution < 1.29 is 0 Å². The van der Waals surface area contributed by atoms with Crippen LogP contribution in [0.25, 0.3) is 0 Å². The molecule has 0 atom stereocenters. The smallest absolute Gasteiger partial charge is 0.209 e. The maximum atomic E-state index is 4.31. The third kappa shape index (κ3) is 3.16. The fourth-order valence-corrected chi connectivity index (χ4v) is 4.53. The minimum Gasteiger partial charge on any atom is -0.347 e. The van der Waals surface area contributed by atoms with Crippen LogP contribution in [0.5, 0.6) is 0 Å². The van der Waals surface area contributed by atoms with Crippen LogP contribution >= 0.6 is 23.1 Å². The quantitative estimate of drug-likeness (QED) is 0.775. The molecule has 1 aromatic rings. The fourth-order valence-electron chi connectivity index (χ4n) is 2.57. The molecule has 6 heteroatoms. The van der Waals surface area contributed by atoms with Gasteiger partial charge < -0.3 is 9.80 Å². The number of hydrogen-bond donors (Lipinski definition) is 0. The maximum Gasteiger partial charge on any atom is 0.209 e. The van der Waals surface area contributed by atoms with Gasteiger partial charge in [0.05, 0.1) is 0 Å². The lowest BCUT2D eigenvalue weighted by Crippen LogP contribution is -2.21. The summed E-state index contributed by atoms with van der Waals surface area (Å²) in [6, 6.07) is 0. The Morgan fingerprint density at radius 1 is 1.00 bits per heavy atom. The summed E-state index contributed by atoms with van der Waals surface area (Å²) in [5.74, 6) is 1.15. The number of anilines is 1. The first-order chi connectivity index (χ1) is 8.92. The number of aromatic nitrogens is 2. The first-order valence-corrected chi connectivity index (χ1v) is 8.66. The summed E-state index contributed by atoms with van der Waals surface area (Å²) in [4.78, 5) is 4.91.